The Morgan fingerprint density at radius 3 is 2.55 bits per heavy atom. The maximum Gasteiger partial charge on any atom is 0.293 e. The van der Waals surface area contributed by atoms with Crippen molar-refractivity contribution >= 4 is 28.8 Å². The van der Waals surface area contributed by atoms with Gasteiger partial charge in [0, 0.05) is 15.9 Å². The summed E-state index contributed by atoms with van der Waals surface area (Å²) in [5.74, 6) is -4.31. The lowest BCUT2D eigenvalue weighted by Crippen LogP contribution is -2.07. The zero-order valence-electron chi connectivity index (χ0n) is 9.62. The van der Waals surface area contributed by atoms with Gasteiger partial charge in [0.15, 0.2) is 17.5 Å². The van der Waals surface area contributed by atoms with Gasteiger partial charge in [-0.15, -0.1) is 0 Å². The van der Waals surface area contributed by atoms with Gasteiger partial charge in [0.25, 0.3) is 5.69 Å². The minimum Gasteiger partial charge on any atom is -0.346 e. The predicted molar refractivity (Wildman–Crippen MR) is 66.8 cm³/mol. The molecule has 1 aliphatic rings. The van der Waals surface area contributed by atoms with E-state index in [-0.39, 0.29) is 22.0 Å². The molecule has 0 saturated carbocycles. The maximum atomic E-state index is 13.7. The van der Waals surface area contributed by atoms with Crippen molar-refractivity contribution in [2.45, 2.75) is 9.79 Å². The molecule has 0 amide bonds. The third kappa shape index (κ3) is 1.80. The van der Waals surface area contributed by atoms with E-state index < -0.39 is 22.4 Å². The molecule has 8 heteroatoms. The summed E-state index contributed by atoms with van der Waals surface area (Å²) in [5.41, 5.74) is -0.486. The highest BCUT2D eigenvalue weighted by molar-refractivity contribution is 7.99. The van der Waals surface area contributed by atoms with Crippen LogP contribution in [0.2, 0.25) is 0 Å². The van der Waals surface area contributed by atoms with Gasteiger partial charge in [0.1, 0.15) is 5.69 Å². The van der Waals surface area contributed by atoms with Crippen LogP contribution in [0.4, 0.5) is 30.2 Å². The highest BCUT2D eigenvalue weighted by atomic mass is 32.2. The standard InChI is InChI=1S/C12H5F3N2O2S/c13-5-4-8-12(10(15)9(5)14)16-11-6(17(18)19)2-1-3-7(11)20-8/h1-4,16H. The van der Waals surface area contributed by atoms with Crippen LogP contribution in [0.3, 0.4) is 0 Å². The summed E-state index contributed by atoms with van der Waals surface area (Å²) < 4.78 is 40.1. The Bertz CT molecular complexity index is 752. The number of nitrogens with one attached hydrogen (secondary N) is 1. The number of hydrogen-bond acceptors (Lipinski definition) is 4. The molecule has 0 bridgehead atoms. The molecular weight excluding hydrogens is 293 g/mol. The summed E-state index contributed by atoms with van der Waals surface area (Å²) in [4.78, 5) is 10.9. The SMILES string of the molecule is O=[N+]([O-])c1cccc2c1Nc1c(cc(F)c(F)c1F)S2. The van der Waals surface area contributed by atoms with Gasteiger partial charge in [0.2, 0.25) is 0 Å². The van der Waals surface area contributed by atoms with Crippen molar-refractivity contribution in [3.05, 3.63) is 51.8 Å². The summed E-state index contributed by atoms with van der Waals surface area (Å²) in [6, 6.07) is 5.14. The van der Waals surface area contributed by atoms with Crippen molar-refractivity contribution < 1.29 is 18.1 Å². The van der Waals surface area contributed by atoms with Crippen LogP contribution in [-0.2, 0) is 0 Å². The smallest absolute Gasteiger partial charge is 0.293 e. The lowest BCUT2D eigenvalue weighted by molar-refractivity contribution is -0.384. The molecule has 0 atom stereocenters. The van der Waals surface area contributed by atoms with Crippen LogP contribution >= 0.6 is 11.8 Å². The van der Waals surface area contributed by atoms with Gasteiger partial charge in [-0.3, -0.25) is 10.1 Å². The van der Waals surface area contributed by atoms with Crippen molar-refractivity contribution in [2.75, 3.05) is 5.32 Å². The number of hydrogen-bond donors (Lipinski definition) is 1. The average Bonchev–Trinajstić information content (AvgIpc) is 2.42. The molecule has 0 unspecified atom stereocenters. The molecule has 1 N–H and O–H groups in total. The maximum absolute atomic E-state index is 13.7. The number of nitrogens with zero attached hydrogens (tertiary/aromatic N) is 1. The fraction of sp³-hybridized carbons (Fsp3) is 0. The third-order valence-electron chi connectivity index (χ3n) is 2.80. The molecule has 0 saturated heterocycles. The van der Waals surface area contributed by atoms with Gasteiger partial charge in [-0.05, 0) is 12.1 Å². The third-order valence-corrected chi connectivity index (χ3v) is 3.90. The normalized spacial score (nSPS) is 12.3. The Balaban J connectivity index is 2.20. The van der Waals surface area contributed by atoms with E-state index in [2.05, 4.69) is 5.32 Å². The first-order chi connectivity index (χ1) is 9.49. The monoisotopic (exact) mass is 298 g/mol. The van der Waals surface area contributed by atoms with E-state index in [1.54, 1.807) is 6.07 Å². The van der Waals surface area contributed by atoms with Crippen molar-refractivity contribution in [1.82, 2.24) is 0 Å². The van der Waals surface area contributed by atoms with Gasteiger partial charge >= 0.3 is 0 Å². The minimum atomic E-state index is -1.61. The van der Waals surface area contributed by atoms with E-state index in [1.165, 1.54) is 12.1 Å². The van der Waals surface area contributed by atoms with Crippen LogP contribution in [-0.4, -0.2) is 4.92 Å². The zero-order chi connectivity index (χ0) is 14.4. The number of nitro groups is 1. The average molecular weight is 298 g/mol. The van der Waals surface area contributed by atoms with Crippen molar-refractivity contribution in [3.8, 4) is 0 Å². The van der Waals surface area contributed by atoms with Crippen LogP contribution in [0.25, 0.3) is 0 Å². The fourth-order valence-corrected chi connectivity index (χ4v) is 2.94. The van der Waals surface area contributed by atoms with E-state index in [0.29, 0.717) is 4.90 Å². The first-order valence-corrected chi connectivity index (χ1v) is 6.20. The first kappa shape index (κ1) is 12.8. The Kier molecular flexibility index (Phi) is 2.82. The largest absolute Gasteiger partial charge is 0.346 e. The molecule has 20 heavy (non-hydrogen) atoms. The van der Waals surface area contributed by atoms with Crippen molar-refractivity contribution in [2.24, 2.45) is 0 Å². The second-order valence-corrected chi connectivity index (χ2v) is 5.08. The lowest BCUT2D eigenvalue weighted by Gasteiger charge is -2.21. The fourth-order valence-electron chi connectivity index (χ4n) is 1.90. The number of rotatable bonds is 1. The molecule has 0 radical (unpaired) electrons. The molecule has 2 aromatic rings. The van der Waals surface area contributed by atoms with Gasteiger partial charge in [-0.1, -0.05) is 17.8 Å². The number of benzene rings is 2. The highest BCUT2D eigenvalue weighted by Crippen LogP contribution is 2.49. The Morgan fingerprint density at radius 1 is 1.10 bits per heavy atom. The summed E-state index contributed by atoms with van der Waals surface area (Å²) in [6.45, 7) is 0. The molecule has 4 nitrogen and oxygen atoms in total. The van der Waals surface area contributed by atoms with Crippen LogP contribution < -0.4 is 5.32 Å². The van der Waals surface area contributed by atoms with Crippen molar-refractivity contribution in [1.29, 1.82) is 0 Å². The summed E-state index contributed by atoms with van der Waals surface area (Å²) >= 11 is 0.937. The van der Waals surface area contributed by atoms with Gasteiger partial charge in [0.05, 0.1) is 10.6 Å². The number of nitro benzene ring substituents is 1. The van der Waals surface area contributed by atoms with E-state index >= 15 is 0 Å². The quantitative estimate of drug-likeness (QED) is 0.415. The van der Waals surface area contributed by atoms with Crippen LogP contribution in [0, 0.1) is 27.6 Å². The van der Waals surface area contributed by atoms with Crippen LogP contribution in [0.1, 0.15) is 0 Å². The van der Waals surface area contributed by atoms with E-state index in [1.807, 2.05) is 0 Å². The molecule has 0 spiro atoms. The molecule has 102 valence electrons. The molecule has 0 fully saturated rings. The first-order valence-electron chi connectivity index (χ1n) is 5.39. The van der Waals surface area contributed by atoms with Crippen LogP contribution in [0.15, 0.2) is 34.1 Å². The van der Waals surface area contributed by atoms with E-state index in [0.717, 1.165) is 17.8 Å². The summed E-state index contributed by atoms with van der Waals surface area (Å²) in [5, 5.41) is 13.4. The molecule has 1 heterocycles. The van der Waals surface area contributed by atoms with E-state index in [4.69, 9.17) is 0 Å². The number of para-hydroxylation sites is 1. The molecule has 2 aromatic carbocycles. The van der Waals surface area contributed by atoms with Crippen LogP contribution in [0.5, 0.6) is 0 Å². The Hall–Kier alpha value is -2.22. The van der Waals surface area contributed by atoms with Gasteiger partial charge in [-0.25, -0.2) is 13.2 Å². The van der Waals surface area contributed by atoms with Gasteiger partial charge < -0.3 is 5.32 Å². The molecule has 0 aliphatic carbocycles. The zero-order valence-corrected chi connectivity index (χ0v) is 10.4. The predicted octanol–water partition coefficient (Wildman–Crippen LogP) is 4.22. The highest BCUT2D eigenvalue weighted by Gasteiger charge is 2.28. The van der Waals surface area contributed by atoms with Gasteiger partial charge in [-0.2, -0.15) is 0 Å². The minimum absolute atomic E-state index is 0.0694. The summed E-state index contributed by atoms with van der Waals surface area (Å²) in [6.07, 6.45) is 0. The molecule has 0 aromatic heterocycles. The second kappa shape index (κ2) is 4.41. The lowest BCUT2D eigenvalue weighted by atomic mass is 10.2. The van der Waals surface area contributed by atoms with E-state index in [9.17, 15) is 23.3 Å². The number of halogens is 3. The Morgan fingerprint density at radius 2 is 1.85 bits per heavy atom. The molecule has 3 rings (SSSR count). The molecule has 1 aliphatic heterocycles. The second-order valence-electron chi connectivity index (χ2n) is 3.99. The van der Waals surface area contributed by atoms with Crippen molar-refractivity contribution in [3.63, 3.8) is 0 Å². The summed E-state index contributed by atoms with van der Waals surface area (Å²) in [7, 11) is 0. The topological polar surface area (TPSA) is 55.2 Å². The molecular formula is C12H5F3N2O2S. The number of fused-ring (bicyclic) bond motifs is 2. The Labute approximate surface area is 114 Å². The number of anilines is 2.